The molecular weight excluding hydrogens is 198 g/mol. The van der Waals surface area contributed by atoms with E-state index >= 15 is 0 Å². The topological polar surface area (TPSA) is 96.9 Å². The molecule has 1 saturated heterocycles. The Morgan fingerprint density at radius 1 is 1.73 bits per heavy atom. The predicted molar refractivity (Wildman–Crippen MR) is 54.6 cm³/mol. The number of ether oxygens (including phenoxy) is 1. The number of amides is 1. The van der Waals surface area contributed by atoms with E-state index in [1.54, 1.807) is 6.92 Å². The molecule has 1 rings (SSSR count). The lowest BCUT2D eigenvalue weighted by molar-refractivity contribution is -0.124. The van der Waals surface area contributed by atoms with E-state index in [1.807, 2.05) is 0 Å². The molecule has 0 spiro atoms. The summed E-state index contributed by atoms with van der Waals surface area (Å²) >= 11 is 0. The molecule has 1 heterocycles. The number of rotatable bonds is 3. The van der Waals surface area contributed by atoms with Gasteiger partial charge < -0.3 is 21.0 Å². The number of carbonyl (C=O) groups is 1. The van der Waals surface area contributed by atoms with Gasteiger partial charge in [-0.05, 0) is 19.8 Å². The highest BCUT2D eigenvalue weighted by Crippen LogP contribution is 2.07. The van der Waals surface area contributed by atoms with Gasteiger partial charge in [0.15, 0.2) is 5.84 Å². The second kappa shape index (κ2) is 5.55. The Labute approximate surface area is 88.5 Å². The second-order valence-electron chi connectivity index (χ2n) is 3.67. The first-order valence-electron chi connectivity index (χ1n) is 5.00. The molecule has 86 valence electrons. The number of nitrogens with zero attached hydrogens (tertiary/aromatic N) is 1. The summed E-state index contributed by atoms with van der Waals surface area (Å²) in [5.74, 6) is -0.929. The van der Waals surface area contributed by atoms with Crippen LogP contribution in [0.25, 0.3) is 0 Å². The van der Waals surface area contributed by atoms with Crippen LogP contribution in [0, 0.1) is 5.92 Å². The number of amidine groups is 1. The third kappa shape index (κ3) is 3.39. The van der Waals surface area contributed by atoms with Gasteiger partial charge in [0.1, 0.15) is 0 Å². The van der Waals surface area contributed by atoms with Crippen molar-refractivity contribution in [2.75, 3.05) is 13.2 Å². The molecule has 0 aromatic heterocycles. The molecule has 0 saturated carbocycles. The van der Waals surface area contributed by atoms with Crippen molar-refractivity contribution in [1.82, 2.24) is 5.32 Å². The van der Waals surface area contributed by atoms with Gasteiger partial charge >= 0.3 is 0 Å². The number of hydrogen-bond donors (Lipinski definition) is 3. The first-order chi connectivity index (χ1) is 7.15. The van der Waals surface area contributed by atoms with Gasteiger partial charge in [0.25, 0.3) is 0 Å². The molecule has 0 aliphatic carbocycles. The fourth-order valence-corrected chi connectivity index (χ4v) is 1.40. The van der Waals surface area contributed by atoms with Gasteiger partial charge in [-0.3, -0.25) is 4.79 Å². The minimum Gasteiger partial charge on any atom is -0.409 e. The van der Waals surface area contributed by atoms with Crippen LogP contribution in [0.5, 0.6) is 0 Å². The van der Waals surface area contributed by atoms with E-state index in [0.29, 0.717) is 6.61 Å². The summed E-state index contributed by atoms with van der Waals surface area (Å²) in [6.07, 6.45) is 1.86. The number of hydrogen-bond acceptors (Lipinski definition) is 4. The Balaban J connectivity index is 2.40. The molecule has 15 heavy (non-hydrogen) atoms. The summed E-state index contributed by atoms with van der Waals surface area (Å²) in [6, 6.07) is 0.0418. The number of nitrogens with one attached hydrogen (secondary N) is 1. The van der Waals surface area contributed by atoms with Crippen LogP contribution >= 0.6 is 0 Å². The molecule has 2 atom stereocenters. The van der Waals surface area contributed by atoms with E-state index in [0.717, 1.165) is 19.4 Å². The number of carbonyl (C=O) groups excluding carboxylic acids is 1. The van der Waals surface area contributed by atoms with Crippen LogP contribution < -0.4 is 11.1 Å². The van der Waals surface area contributed by atoms with E-state index in [2.05, 4.69) is 10.5 Å². The fourth-order valence-electron chi connectivity index (χ4n) is 1.40. The average Bonchev–Trinajstić information content (AvgIpc) is 2.28. The quantitative estimate of drug-likeness (QED) is 0.260. The van der Waals surface area contributed by atoms with Crippen LogP contribution in [-0.4, -0.2) is 36.2 Å². The minimum atomic E-state index is -0.614. The Kier molecular flexibility index (Phi) is 4.36. The molecular formula is C9H17N3O3. The van der Waals surface area contributed by atoms with Gasteiger partial charge in [0, 0.05) is 6.61 Å². The van der Waals surface area contributed by atoms with Crippen LogP contribution in [-0.2, 0) is 9.53 Å². The fraction of sp³-hybridized carbons (Fsp3) is 0.778. The van der Waals surface area contributed by atoms with Crippen molar-refractivity contribution in [1.29, 1.82) is 0 Å². The van der Waals surface area contributed by atoms with Crippen molar-refractivity contribution >= 4 is 11.7 Å². The van der Waals surface area contributed by atoms with Crippen molar-refractivity contribution < 1.29 is 14.7 Å². The lowest BCUT2D eigenvalue weighted by Gasteiger charge is -2.24. The summed E-state index contributed by atoms with van der Waals surface area (Å²) in [4.78, 5) is 11.6. The highest BCUT2D eigenvalue weighted by molar-refractivity contribution is 6.01. The maximum atomic E-state index is 11.6. The SMILES string of the molecule is CC(C(=O)NC1CCCOC1)C(N)=NO. The van der Waals surface area contributed by atoms with Gasteiger partial charge in [0.2, 0.25) is 5.91 Å². The standard InChI is InChI=1S/C9H17N3O3/c1-6(8(10)12-14)9(13)11-7-3-2-4-15-5-7/h6-7,14H,2-5H2,1H3,(H2,10,12)(H,11,13). The van der Waals surface area contributed by atoms with Crippen molar-refractivity contribution in [2.24, 2.45) is 16.8 Å². The van der Waals surface area contributed by atoms with E-state index in [4.69, 9.17) is 15.7 Å². The van der Waals surface area contributed by atoms with E-state index in [9.17, 15) is 4.79 Å². The highest BCUT2D eigenvalue weighted by Gasteiger charge is 2.22. The minimum absolute atomic E-state index is 0.0418. The Morgan fingerprint density at radius 3 is 3.00 bits per heavy atom. The Bertz CT molecular complexity index is 249. The van der Waals surface area contributed by atoms with Crippen molar-refractivity contribution in [2.45, 2.75) is 25.8 Å². The van der Waals surface area contributed by atoms with E-state index in [-0.39, 0.29) is 17.8 Å². The number of oxime groups is 1. The molecule has 0 aromatic rings. The number of nitrogens with two attached hydrogens (primary N) is 1. The lowest BCUT2D eigenvalue weighted by atomic mass is 10.1. The Morgan fingerprint density at radius 2 is 2.47 bits per heavy atom. The van der Waals surface area contributed by atoms with E-state index < -0.39 is 5.92 Å². The molecule has 0 radical (unpaired) electrons. The Hall–Kier alpha value is -1.30. The molecule has 6 heteroatoms. The van der Waals surface area contributed by atoms with Crippen LogP contribution in [0.15, 0.2) is 5.16 Å². The molecule has 1 aliphatic heterocycles. The lowest BCUT2D eigenvalue weighted by Crippen LogP contribution is -2.45. The molecule has 1 fully saturated rings. The molecule has 1 amide bonds. The molecule has 4 N–H and O–H groups in total. The van der Waals surface area contributed by atoms with Crippen molar-refractivity contribution in [3.63, 3.8) is 0 Å². The zero-order valence-corrected chi connectivity index (χ0v) is 8.77. The summed E-state index contributed by atoms with van der Waals surface area (Å²) in [5.41, 5.74) is 5.33. The van der Waals surface area contributed by atoms with Gasteiger partial charge in [-0.25, -0.2) is 0 Å². The molecule has 2 unspecified atom stereocenters. The maximum Gasteiger partial charge on any atom is 0.230 e. The monoisotopic (exact) mass is 215 g/mol. The summed E-state index contributed by atoms with van der Waals surface area (Å²) in [5, 5.41) is 14.0. The average molecular weight is 215 g/mol. The largest absolute Gasteiger partial charge is 0.409 e. The highest BCUT2D eigenvalue weighted by atomic mass is 16.5. The summed E-state index contributed by atoms with van der Waals surface area (Å²) < 4.78 is 5.22. The normalized spacial score (nSPS) is 24.6. The summed E-state index contributed by atoms with van der Waals surface area (Å²) in [6.45, 7) is 2.88. The van der Waals surface area contributed by atoms with Crippen LogP contribution in [0.2, 0.25) is 0 Å². The second-order valence-corrected chi connectivity index (χ2v) is 3.67. The first-order valence-corrected chi connectivity index (χ1v) is 5.00. The third-order valence-corrected chi connectivity index (χ3v) is 2.46. The van der Waals surface area contributed by atoms with Gasteiger partial charge in [-0.2, -0.15) is 0 Å². The smallest absolute Gasteiger partial charge is 0.230 e. The zero-order valence-electron chi connectivity index (χ0n) is 8.77. The van der Waals surface area contributed by atoms with Crippen molar-refractivity contribution in [3.8, 4) is 0 Å². The summed E-state index contributed by atoms with van der Waals surface area (Å²) in [7, 11) is 0. The van der Waals surface area contributed by atoms with Gasteiger partial charge in [-0.15, -0.1) is 0 Å². The van der Waals surface area contributed by atoms with Gasteiger partial charge in [0.05, 0.1) is 18.6 Å². The van der Waals surface area contributed by atoms with Crippen LogP contribution in [0.3, 0.4) is 0 Å². The molecule has 0 bridgehead atoms. The van der Waals surface area contributed by atoms with Crippen molar-refractivity contribution in [3.05, 3.63) is 0 Å². The van der Waals surface area contributed by atoms with Crippen LogP contribution in [0.1, 0.15) is 19.8 Å². The molecule has 0 aromatic carbocycles. The van der Waals surface area contributed by atoms with Crippen LogP contribution in [0.4, 0.5) is 0 Å². The predicted octanol–water partition coefficient (Wildman–Crippen LogP) is -0.336. The maximum absolute atomic E-state index is 11.6. The van der Waals surface area contributed by atoms with E-state index in [1.165, 1.54) is 0 Å². The van der Waals surface area contributed by atoms with Gasteiger partial charge in [-0.1, -0.05) is 5.16 Å². The first kappa shape index (κ1) is 11.8. The third-order valence-electron chi connectivity index (χ3n) is 2.46. The molecule has 1 aliphatic rings. The molecule has 6 nitrogen and oxygen atoms in total. The zero-order chi connectivity index (χ0) is 11.3.